The number of likely N-dealkylation sites (tertiary alicyclic amines) is 1. The molecule has 3 fully saturated rings. The molecule has 0 bridgehead atoms. The second-order valence-electron chi connectivity index (χ2n) is 6.14. The number of nitrogens with zero attached hydrogens (tertiary/aromatic N) is 2. The van der Waals surface area contributed by atoms with Crippen molar-refractivity contribution in [3.8, 4) is 0 Å². The van der Waals surface area contributed by atoms with Crippen molar-refractivity contribution in [3.63, 3.8) is 0 Å². The molecule has 3 heterocycles. The Morgan fingerprint density at radius 3 is 2.68 bits per heavy atom. The summed E-state index contributed by atoms with van der Waals surface area (Å²) in [5.74, 6) is -0.214. The van der Waals surface area contributed by atoms with Crippen LogP contribution in [0.4, 0.5) is 4.79 Å². The molecular formula is C14H22N4O4. The zero-order valence-corrected chi connectivity index (χ0v) is 12.8. The van der Waals surface area contributed by atoms with E-state index < -0.39 is 11.6 Å². The van der Waals surface area contributed by atoms with Gasteiger partial charge in [0.2, 0.25) is 11.8 Å². The predicted octanol–water partition coefficient (Wildman–Crippen LogP) is -1.09. The van der Waals surface area contributed by atoms with E-state index in [1.165, 1.54) is 0 Å². The largest absolute Gasteiger partial charge is 0.441 e. The number of rotatable bonds is 2. The summed E-state index contributed by atoms with van der Waals surface area (Å²) < 4.78 is 5.55. The van der Waals surface area contributed by atoms with Crippen molar-refractivity contribution in [2.75, 3.05) is 39.3 Å². The lowest BCUT2D eigenvalue weighted by Gasteiger charge is -2.39. The van der Waals surface area contributed by atoms with Gasteiger partial charge in [-0.3, -0.25) is 9.59 Å². The molecule has 8 heteroatoms. The van der Waals surface area contributed by atoms with Crippen LogP contribution in [0, 0.1) is 0 Å². The molecule has 0 aliphatic carbocycles. The van der Waals surface area contributed by atoms with Gasteiger partial charge in [0, 0.05) is 39.0 Å². The van der Waals surface area contributed by atoms with E-state index in [-0.39, 0.29) is 24.5 Å². The van der Waals surface area contributed by atoms with E-state index in [2.05, 4.69) is 10.6 Å². The number of ether oxygens (including phenoxy) is 1. The summed E-state index contributed by atoms with van der Waals surface area (Å²) in [6.07, 6.45) is 1.04. The first-order valence-electron chi connectivity index (χ1n) is 7.80. The van der Waals surface area contributed by atoms with Gasteiger partial charge in [0.1, 0.15) is 11.6 Å². The molecule has 3 aliphatic rings. The van der Waals surface area contributed by atoms with E-state index in [0.29, 0.717) is 45.6 Å². The van der Waals surface area contributed by atoms with Gasteiger partial charge in [-0.15, -0.1) is 0 Å². The zero-order chi connectivity index (χ0) is 15.7. The Morgan fingerprint density at radius 1 is 1.36 bits per heavy atom. The third kappa shape index (κ3) is 2.75. The Morgan fingerprint density at radius 2 is 2.09 bits per heavy atom. The van der Waals surface area contributed by atoms with Gasteiger partial charge in [-0.25, -0.2) is 4.79 Å². The molecule has 22 heavy (non-hydrogen) atoms. The van der Waals surface area contributed by atoms with Gasteiger partial charge in [0.05, 0.1) is 13.1 Å². The first-order chi connectivity index (χ1) is 10.5. The van der Waals surface area contributed by atoms with Crippen molar-refractivity contribution >= 4 is 17.9 Å². The van der Waals surface area contributed by atoms with Crippen LogP contribution >= 0.6 is 0 Å². The Kier molecular flexibility index (Phi) is 3.94. The van der Waals surface area contributed by atoms with Crippen LogP contribution in [0.3, 0.4) is 0 Å². The molecule has 3 amide bonds. The molecule has 1 unspecified atom stereocenters. The van der Waals surface area contributed by atoms with Gasteiger partial charge in [-0.1, -0.05) is 0 Å². The van der Waals surface area contributed by atoms with Crippen LogP contribution in [-0.2, 0) is 14.3 Å². The molecule has 3 saturated heterocycles. The second-order valence-corrected chi connectivity index (χ2v) is 6.14. The molecule has 1 atom stereocenters. The summed E-state index contributed by atoms with van der Waals surface area (Å²) in [5, 5.41) is 5.65. The molecule has 0 radical (unpaired) electrons. The summed E-state index contributed by atoms with van der Waals surface area (Å²) in [5.41, 5.74) is -0.446. The smallest absolute Gasteiger partial charge is 0.410 e. The fourth-order valence-electron chi connectivity index (χ4n) is 3.33. The summed E-state index contributed by atoms with van der Waals surface area (Å²) >= 11 is 0. The van der Waals surface area contributed by atoms with Crippen LogP contribution in [0.15, 0.2) is 0 Å². The number of piperazine rings is 1. The first kappa shape index (κ1) is 15.1. The lowest BCUT2D eigenvalue weighted by molar-refractivity contribution is -0.140. The van der Waals surface area contributed by atoms with Gasteiger partial charge in [-0.2, -0.15) is 0 Å². The number of hydrogen-bond acceptors (Lipinski definition) is 5. The number of hydrogen-bond donors (Lipinski definition) is 2. The number of nitrogens with one attached hydrogen (secondary N) is 2. The molecule has 3 aliphatic heterocycles. The zero-order valence-electron chi connectivity index (χ0n) is 12.8. The molecule has 0 saturated carbocycles. The van der Waals surface area contributed by atoms with E-state index in [0.717, 1.165) is 0 Å². The molecule has 122 valence electrons. The SMILES string of the molecule is CCN1CC2(CCN(C(=O)C3CNCC(=O)N3)CC2)OC1=O. The van der Waals surface area contributed by atoms with Crippen molar-refractivity contribution in [2.24, 2.45) is 0 Å². The molecule has 0 aromatic heterocycles. The summed E-state index contributed by atoms with van der Waals surface area (Å²) in [6.45, 7) is 5.00. The number of likely N-dealkylation sites (N-methyl/N-ethyl adjacent to an activating group) is 1. The van der Waals surface area contributed by atoms with Crippen molar-refractivity contribution in [1.82, 2.24) is 20.4 Å². The Labute approximate surface area is 129 Å². The van der Waals surface area contributed by atoms with Crippen LogP contribution in [0.1, 0.15) is 19.8 Å². The maximum absolute atomic E-state index is 12.4. The lowest BCUT2D eigenvalue weighted by Crippen LogP contribution is -2.60. The Hall–Kier alpha value is -1.83. The minimum atomic E-state index is -0.492. The van der Waals surface area contributed by atoms with Crippen molar-refractivity contribution in [2.45, 2.75) is 31.4 Å². The Balaban J connectivity index is 1.56. The normalized spacial score (nSPS) is 27.8. The average Bonchev–Trinajstić information content (AvgIpc) is 2.83. The topological polar surface area (TPSA) is 91.0 Å². The quantitative estimate of drug-likeness (QED) is 0.676. The van der Waals surface area contributed by atoms with E-state index in [1.54, 1.807) is 9.80 Å². The Bertz CT molecular complexity index is 487. The minimum Gasteiger partial charge on any atom is -0.441 e. The van der Waals surface area contributed by atoms with Gasteiger partial charge < -0.3 is 25.2 Å². The highest BCUT2D eigenvalue weighted by molar-refractivity contribution is 5.89. The monoisotopic (exact) mass is 310 g/mol. The van der Waals surface area contributed by atoms with Crippen LogP contribution in [0.25, 0.3) is 0 Å². The van der Waals surface area contributed by atoms with E-state index >= 15 is 0 Å². The number of amides is 3. The second kappa shape index (κ2) is 5.75. The van der Waals surface area contributed by atoms with Crippen molar-refractivity contribution in [3.05, 3.63) is 0 Å². The third-order valence-corrected chi connectivity index (χ3v) is 4.68. The van der Waals surface area contributed by atoms with Gasteiger partial charge in [-0.05, 0) is 6.92 Å². The van der Waals surface area contributed by atoms with E-state index in [1.807, 2.05) is 6.92 Å². The van der Waals surface area contributed by atoms with Crippen molar-refractivity contribution < 1.29 is 19.1 Å². The first-order valence-corrected chi connectivity index (χ1v) is 7.80. The molecule has 8 nitrogen and oxygen atoms in total. The van der Waals surface area contributed by atoms with E-state index in [9.17, 15) is 14.4 Å². The highest BCUT2D eigenvalue weighted by Crippen LogP contribution is 2.33. The summed E-state index contributed by atoms with van der Waals surface area (Å²) in [6, 6.07) is -0.492. The maximum atomic E-state index is 12.4. The lowest BCUT2D eigenvalue weighted by atomic mass is 9.91. The predicted molar refractivity (Wildman–Crippen MR) is 77.1 cm³/mol. The molecule has 1 spiro atoms. The molecule has 3 rings (SSSR count). The standard InChI is InChI=1S/C14H22N4O4/c1-2-17-9-14(22-13(17)21)3-5-18(6-4-14)12(20)10-7-15-8-11(19)16-10/h10,15H,2-9H2,1H3,(H,16,19). The highest BCUT2D eigenvalue weighted by Gasteiger charge is 2.47. The fraction of sp³-hybridized carbons (Fsp3) is 0.786. The summed E-state index contributed by atoms with van der Waals surface area (Å²) in [4.78, 5) is 39.0. The number of piperidine rings is 1. The van der Waals surface area contributed by atoms with Crippen molar-refractivity contribution in [1.29, 1.82) is 0 Å². The number of carbonyl (C=O) groups is 3. The van der Waals surface area contributed by atoms with Gasteiger partial charge in [0.15, 0.2) is 0 Å². The molecule has 0 aromatic carbocycles. The van der Waals surface area contributed by atoms with Gasteiger partial charge in [0.25, 0.3) is 0 Å². The van der Waals surface area contributed by atoms with E-state index in [4.69, 9.17) is 4.74 Å². The molecule has 2 N–H and O–H groups in total. The number of carbonyl (C=O) groups excluding carboxylic acids is 3. The van der Waals surface area contributed by atoms with Gasteiger partial charge >= 0.3 is 6.09 Å². The maximum Gasteiger partial charge on any atom is 0.410 e. The van der Waals surface area contributed by atoms with Crippen LogP contribution in [0.2, 0.25) is 0 Å². The van der Waals surface area contributed by atoms with Crippen LogP contribution in [-0.4, -0.2) is 78.6 Å². The highest BCUT2D eigenvalue weighted by atomic mass is 16.6. The van der Waals surface area contributed by atoms with Crippen LogP contribution < -0.4 is 10.6 Å². The fourth-order valence-corrected chi connectivity index (χ4v) is 3.33. The minimum absolute atomic E-state index is 0.0629. The average molecular weight is 310 g/mol. The molecule has 0 aromatic rings. The summed E-state index contributed by atoms with van der Waals surface area (Å²) in [7, 11) is 0. The molecular weight excluding hydrogens is 288 g/mol. The van der Waals surface area contributed by atoms with Crippen LogP contribution in [0.5, 0.6) is 0 Å². The third-order valence-electron chi connectivity index (χ3n) is 4.68.